The van der Waals surface area contributed by atoms with E-state index < -0.39 is 20.8 Å². The number of halogens is 2. The minimum atomic E-state index is -0.826. The Balaban J connectivity index is 0.000000200. The number of aryl methyl sites for hydroxylation is 2. The van der Waals surface area contributed by atoms with E-state index in [0.29, 0.717) is 5.92 Å². The van der Waals surface area contributed by atoms with Gasteiger partial charge in [0.15, 0.2) is 0 Å². The molecule has 0 heterocycles. The first-order valence-electron chi connectivity index (χ1n) is 14.7. The van der Waals surface area contributed by atoms with Gasteiger partial charge in [0.1, 0.15) is 0 Å². The number of benzene rings is 4. The summed E-state index contributed by atoms with van der Waals surface area (Å²) in [5.74, 6) is 0.584. The molecule has 0 fully saturated rings. The Labute approximate surface area is 280 Å². The maximum absolute atomic E-state index is 4.93. The average Bonchev–Trinajstić information content (AvgIpc) is 3.62. The van der Waals surface area contributed by atoms with Crippen molar-refractivity contribution >= 4 is 48.1 Å². The molecule has 0 aliphatic heterocycles. The first kappa shape index (κ1) is 35.3. The van der Waals surface area contributed by atoms with Crippen LogP contribution in [0.4, 0.5) is 0 Å². The second-order valence-corrected chi connectivity index (χ2v) is 15.9. The van der Waals surface area contributed by atoms with Gasteiger partial charge in [-0.05, 0) is 30.9 Å². The normalized spacial score (nSPS) is 10.3. The fourth-order valence-electron chi connectivity index (χ4n) is 5.48. The molecular weight excluding hydrogens is 659 g/mol. The van der Waals surface area contributed by atoms with Gasteiger partial charge in [0, 0.05) is 9.52 Å². The summed E-state index contributed by atoms with van der Waals surface area (Å²) in [7, 11) is 11.0. The standard InChI is InChI=1S/C19H19.C18H17.C2H6Si.2ClH.Zr/c1-12-10-17-14(3)13(2)15(4)19(18(17)11-12)16-8-6-5-7-9-16;1-13(2)16-11-15-9-6-10-17(18(15)12-16)14-7-4-3-5-8-14;1-3-2;;;/h5-11H,1-4H3;3-13H,1-2H3;1-2H3;2*1H;/q2*-1;;;;+4/p-2. The number of hydrogen-bond acceptors (Lipinski definition) is 0. The third-order valence-corrected chi connectivity index (χ3v) is 7.79. The molecule has 0 N–H and O–H groups in total. The van der Waals surface area contributed by atoms with Crippen LogP contribution < -0.4 is 0 Å². The topological polar surface area (TPSA) is 0 Å². The fraction of sp³-hybridized carbons (Fsp3) is 0.231. The zero-order valence-corrected chi connectivity index (χ0v) is 31.6. The first-order chi connectivity index (χ1) is 20.7. The van der Waals surface area contributed by atoms with Crippen molar-refractivity contribution in [1.29, 1.82) is 0 Å². The number of rotatable bonds is 3. The molecule has 0 aliphatic carbocycles. The Kier molecular flexibility index (Phi) is 14.2. The van der Waals surface area contributed by atoms with E-state index in [-0.39, 0.29) is 0 Å². The van der Waals surface area contributed by atoms with Gasteiger partial charge in [0.2, 0.25) is 0 Å². The van der Waals surface area contributed by atoms with Crippen LogP contribution in [-0.4, -0.2) is 9.52 Å². The molecule has 0 amide bonds. The van der Waals surface area contributed by atoms with E-state index in [2.05, 4.69) is 158 Å². The second kappa shape index (κ2) is 17.3. The van der Waals surface area contributed by atoms with Crippen molar-refractivity contribution < 1.29 is 20.8 Å². The maximum atomic E-state index is 4.93. The van der Waals surface area contributed by atoms with E-state index >= 15 is 0 Å². The first-order valence-corrected chi connectivity index (χ1v) is 23.0. The summed E-state index contributed by atoms with van der Waals surface area (Å²) in [5, 5.41) is 5.51. The summed E-state index contributed by atoms with van der Waals surface area (Å²) in [4.78, 5) is 0. The SMILES string of the molecule is CC(C)c1cc2c(-c3ccccc3)cccc2[cH-]1.C[Si]C.Cc1cc2c(-c3ccccc3)c(C)c(C)c(C)c2[cH-]1.[Cl][Zr+2][Cl]. The van der Waals surface area contributed by atoms with Crippen LogP contribution in [0.3, 0.4) is 0 Å². The molecule has 220 valence electrons. The van der Waals surface area contributed by atoms with E-state index in [0.717, 1.165) is 9.52 Å². The molecule has 6 aromatic rings. The van der Waals surface area contributed by atoms with E-state index in [9.17, 15) is 0 Å². The molecule has 0 saturated carbocycles. The van der Waals surface area contributed by atoms with Crippen molar-refractivity contribution in [1.82, 2.24) is 0 Å². The van der Waals surface area contributed by atoms with Crippen LogP contribution in [0.5, 0.6) is 0 Å². The molecule has 0 bridgehead atoms. The average molecular weight is 701 g/mol. The molecule has 6 aromatic carbocycles. The molecular formula is C39H42Cl2SiZr. The molecule has 43 heavy (non-hydrogen) atoms. The summed E-state index contributed by atoms with van der Waals surface area (Å²) >= 11 is -0.826. The number of fused-ring (bicyclic) bond motifs is 2. The summed E-state index contributed by atoms with van der Waals surface area (Å²) in [6.07, 6.45) is 0. The zero-order chi connectivity index (χ0) is 31.5. The van der Waals surface area contributed by atoms with Crippen molar-refractivity contribution in [3.63, 3.8) is 0 Å². The van der Waals surface area contributed by atoms with Gasteiger partial charge in [0.05, 0.1) is 0 Å². The Morgan fingerprint density at radius 3 is 1.77 bits per heavy atom. The molecule has 6 rings (SSSR count). The summed E-state index contributed by atoms with van der Waals surface area (Å²) in [6.45, 7) is 17.7. The van der Waals surface area contributed by atoms with Crippen molar-refractivity contribution in [3.05, 3.63) is 131 Å². The van der Waals surface area contributed by atoms with Crippen molar-refractivity contribution in [2.75, 3.05) is 0 Å². The molecule has 0 spiro atoms. The van der Waals surface area contributed by atoms with Crippen LogP contribution in [0, 0.1) is 27.7 Å². The van der Waals surface area contributed by atoms with Gasteiger partial charge in [0.25, 0.3) is 0 Å². The molecule has 0 aromatic heterocycles. The van der Waals surface area contributed by atoms with Crippen LogP contribution in [-0.2, 0) is 20.8 Å². The molecule has 0 atom stereocenters. The van der Waals surface area contributed by atoms with E-state index in [4.69, 9.17) is 17.0 Å². The Morgan fingerprint density at radius 2 is 1.21 bits per heavy atom. The molecule has 0 unspecified atom stereocenters. The van der Waals surface area contributed by atoms with Crippen LogP contribution in [0.15, 0.2) is 103 Å². The van der Waals surface area contributed by atoms with Gasteiger partial charge in [-0.3, -0.25) is 0 Å². The number of hydrogen-bond donors (Lipinski definition) is 0. The van der Waals surface area contributed by atoms with Crippen molar-refractivity contribution in [2.24, 2.45) is 0 Å². The summed E-state index contributed by atoms with van der Waals surface area (Å²) in [6, 6.07) is 37.2. The minimum absolute atomic E-state index is 0.584. The fourth-order valence-corrected chi connectivity index (χ4v) is 5.48. The van der Waals surface area contributed by atoms with E-state index in [1.807, 2.05) is 0 Å². The second-order valence-electron chi connectivity index (χ2n) is 11.2. The Hall–Kier alpha value is -2.22. The summed E-state index contributed by atoms with van der Waals surface area (Å²) in [5.41, 5.74) is 12.3. The van der Waals surface area contributed by atoms with Crippen LogP contribution in [0.1, 0.15) is 47.6 Å². The van der Waals surface area contributed by atoms with Crippen molar-refractivity contribution in [3.8, 4) is 22.3 Å². The Bertz CT molecular complexity index is 1710. The zero-order valence-electron chi connectivity index (χ0n) is 26.6. The molecule has 2 radical (unpaired) electrons. The van der Waals surface area contributed by atoms with E-state index in [1.54, 1.807) is 0 Å². The Morgan fingerprint density at radius 1 is 0.651 bits per heavy atom. The predicted molar refractivity (Wildman–Crippen MR) is 192 cm³/mol. The molecule has 4 heteroatoms. The van der Waals surface area contributed by atoms with Gasteiger partial charge in [-0.15, -0.1) is 62.5 Å². The predicted octanol–water partition coefficient (Wildman–Crippen LogP) is 13.0. The third-order valence-electron chi connectivity index (χ3n) is 7.79. The van der Waals surface area contributed by atoms with Crippen LogP contribution in [0.25, 0.3) is 43.8 Å². The van der Waals surface area contributed by atoms with Gasteiger partial charge in [-0.2, -0.15) is 12.1 Å². The molecule has 0 nitrogen and oxygen atoms in total. The summed E-state index contributed by atoms with van der Waals surface area (Å²) < 4.78 is 0. The van der Waals surface area contributed by atoms with E-state index in [1.165, 1.54) is 71.6 Å². The molecule has 0 saturated heterocycles. The third kappa shape index (κ3) is 8.92. The molecule has 0 aliphatic rings. The van der Waals surface area contributed by atoms with Gasteiger partial charge in [-0.25, -0.2) is 0 Å². The van der Waals surface area contributed by atoms with Crippen molar-refractivity contribution in [2.45, 2.75) is 60.6 Å². The quantitative estimate of drug-likeness (QED) is 0.127. The monoisotopic (exact) mass is 698 g/mol. The van der Waals surface area contributed by atoms with Crippen LogP contribution >= 0.6 is 17.0 Å². The van der Waals surface area contributed by atoms with Gasteiger partial charge in [-0.1, -0.05) is 130 Å². The van der Waals surface area contributed by atoms with Gasteiger partial charge < -0.3 is 0 Å². The van der Waals surface area contributed by atoms with Crippen LogP contribution in [0.2, 0.25) is 13.1 Å². The van der Waals surface area contributed by atoms with Gasteiger partial charge >= 0.3 is 37.9 Å².